The summed E-state index contributed by atoms with van der Waals surface area (Å²) in [7, 11) is -2.43. The fraction of sp³-hybridized carbons (Fsp3) is 0.714. The number of rotatable bonds is 5. The van der Waals surface area contributed by atoms with Crippen LogP contribution in [0.5, 0.6) is 0 Å². The minimum Gasteiger partial charge on any atom is -0.539 e. The summed E-state index contributed by atoms with van der Waals surface area (Å²) in [5.41, 5.74) is 0.0941. The standard InChI is InChI=1S/C7H17O4PSi/c1-7(11-13(4,5)6)12(8,9-2)10-3/h1H2,2-6H3. The minimum atomic E-state index is -3.25. The van der Waals surface area contributed by atoms with E-state index in [1.807, 2.05) is 19.6 Å². The van der Waals surface area contributed by atoms with Gasteiger partial charge in [0.1, 0.15) is 0 Å². The number of hydrogen-bond donors (Lipinski definition) is 0. The third-order valence-corrected chi connectivity index (χ3v) is 3.90. The molecule has 0 unspecified atom stereocenters. The third-order valence-electron chi connectivity index (χ3n) is 1.21. The van der Waals surface area contributed by atoms with Crippen molar-refractivity contribution in [3.8, 4) is 0 Å². The van der Waals surface area contributed by atoms with E-state index in [4.69, 9.17) is 13.5 Å². The van der Waals surface area contributed by atoms with Gasteiger partial charge in [-0.25, -0.2) is 0 Å². The SMILES string of the molecule is C=C(O[Si](C)(C)C)P(=O)(OC)OC. The Labute approximate surface area is 80.5 Å². The summed E-state index contributed by atoms with van der Waals surface area (Å²) in [6, 6.07) is 0. The van der Waals surface area contributed by atoms with Gasteiger partial charge in [0.2, 0.25) is 8.32 Å². The average molecular weight is 224 g/mol. The van der Waals surface area contributed by atoms with Gasteiger partial charge in [-0.05, 0) is 26.2 Å². The summed E-state index contributed by atoms with van der Waals surface area (Å²) in [5, 5.41) is 0. The van der Waals surface area contributed by atoms with Crippen LogP contribution in [0.15, 0.2) is 12.1 Å². The maximum absolute atomic E-state index is 11.7. The van der Waals surface area contributed by atoms with Crippen LogP contribution in [0, 0.1) is 0 Å². The third kappa shape index (κ3) is 4.09. The van der Waals surface area contributed by atoms with Gasteiger partial charge in [-0.15, -0.1) is 0 Å². The molecule has 0 aliphatic heterocycles. The fourth-order valence-corrected chi connectivity index (χ4v) is 3.22. The van der Waals surface area contributed by atoms with Crippen molar-refractivity contribution in [1.29, 1.82) is 0 Å². The molecule has 0 aromatic carbocycles. The Kier molecular flexibility index (Phi) is 4.39. The molecular weight excluding hydrogens is 207 g/mol. The van der Waals surface area contributed by atoms with Crippen LogP contribution in [0.3, 0.4) is 0 Å². The Morgan fingerprint density at radius 2 is 1.62 bits per heavy atom. The summed E-state index contributed by atoms with van der Waals surface area (Å²) in [4.78, 5) is 0. The Hall–Kier alpha value is -0.0931. The molecule has 0 bridgehead atoms. The van der Waals surface area contributed by atoms with E-state index in [-0.39, 0.29) is 5.50 Å². The minimum absolute atomic E-state index is 0.0941. The van der Waals surface area contributed by atoms with Crippen molar-refractivity contribution >= 4 is 15.9 Å². The first-order valence-corrected chi connectivity index (χ1v) is 8.80. The lowest BCUT2D eigenvalue weighted by Crippen LogP contribution is -2.24. The van der Waals surface area contributed by atoms with E-state index < -0.39 is 15.9 Å². The molecule has 0 saturated carbocycles. The van der Waals surface area contributed by atoms with Crippen molar-refractivity contribution in [2.24, 2.45) is 0 Å². The molecular formula is C7H17O4PSi. The molecule has 0 aromatic rings. The fourth-order valence-electron chi connectivity index (χ4n) is 0.688. The monoisotopic (exact) mass is 224 g/mol. The molecule has 0 heterocycles. The van der Waals surface area contributed by atoms with E-state index in [1.54, 1.807) is 0 Å². The maximum atomic E-state index is 11.7. The van der Waals surface area contributed by atoms with Gasteiger partial charge in [0.25, 0.3) is 0 Å². The van der Waals surface area contributed by atoms with Crippen LogP contribution in [0.25, 0.3) is 0 Å². The van der Waals surface area contributed by atoms with Crippen LogP contribution < -0.4 is 0 Å². The summed E-state index contributed by atoms with van der Waals surface area (Å²) in [6.45, 7) is 9.45. The van der Waals surface area contributed by atoms with E-state index in [1.165, 1.54) is 14.2 Å². The molecule has 0 spiro atoms. The van der Waals surface area contributed by atoms with Crippen LogP contribution in [-0.4, -0.2) is 22.5 Å². The van der Waals surface area contributed by atoms with Gasteiger partial charge in [-0.3, -0.25) is 4.57 Å². The molecule has 0 rings (SSSR count). The van der Waals surface area contributed by atoms with Gasteiger partial charge in [0, 0.05) is 14.2 Å². The average Bonchev–Trinajstić information content (AvgIpc) is 2.00. The molecule has 0 aliphatic rings. The number of hydrogen-bond acceptors (Lipinski definition) is 4. The molecule has 0 saturated heterocycles. The van der Waals surface area contributed by atoms with E-state index >= 15 is 0 Å². The molecule has 0 N–H and O–H groups in total. The smallest absolute Gasteiger partial charge is 0.393 e. The highest BCUT2D eigenvalue weighted by molar-refractivity contribution is 7.58. The maximum Gasteiger partial charge on any atom is 0.393 e. The molecule has 13 heavy (non-hydrogen) atoms. The largest absolute Gasteiger partial charge is 0.539 e. The van der Waals surface area contributed by atoms with Gasteiger partial charge in [-0.1, -0.05) is 0 Å². The molecule has 0 fully saturated rings. The molecule has 0 amide bonds. The summed E-state index contributed by atoms with van der Waals surface area (Å²) < 4.78 is 26.5. The van der Waals surface area contributed by atoms with Crippen molar-refractivity contribution < 1.29 is 18.0 Å². The lowest BCUT2D eigenvalue weighted by molar-refractivity contribution is 0.264. The first kappa shape index (κ1) is 12.9. The lowest BCUT2D eigenvalue weighted by Gasteiger charge is -2.24. The van der Waals surface area contributed by atoms with Gasteiger partial charge in [0.15, 0.2) is 5.50 Å². The second-order valence-corrected chi connectivity index (χ2v) is 10.1. The van der Waals surface area contributed by atoms with Crippen LogP contribution >= 0.6 is 7.60 Å². The van der Waals surface area contributed by atoms with Gasteiger partial charge in [0.05, 0.1) is 0 Å². The van der Waals surface area contributed by atoms with Crippen molar-refractivity contribution in [3.05, 3.63) is 12.1 Å². The van der Waals surface area contributed by atoms with Crippen LogP contribution in [-0.2, 0) is 18.0 Å². The second kappa shape index (κ2) is 4.42. The Morgan fingerprint density at radius 3 is 1.85 bits per heavy atom. The van der Waals surface area contributed by atoms with E-state index in [2.05, 4.69) is 6.58 Å². The Bertz CT molecular complexity index is 225. The zero-order valence-electron chi connectivity index (χ0n) is 8.79. The van der Waals surface area contributed by atoms with Crippen molar-refractivity contribution in [2.75, 3.05) is 14.2 Å². The van der Waals surface area contributed by atoms with Gasteiger partial charge < -0.3 is 13.5 Å². The van der Waals surface area contributed by atoms with E-state index in [0.29, 0.717) is 0 Å². The highest BCUT2D eigenvalue weighted by Crippen LogP contribution is 2.54. The molecule has 4 nitrogen and oxygen atoms in total. The van der Waals surface area contributed by atoms with E-state index in [0.717, 1.165) is 0 Å². The Balaban J connectivity index is 4.51. The van der Waals surface area contributed by atoms with Gasteiger partial charge >= 0.3 is 7.60 Å². The molecule has 6 heteroatoms. The zero-order valence-corrected chi connectivity index (χ0v) is 10.7. The van der Waals surface area contributed by atoms with Crippen molar-refractivity contribution in [1.82, 2.24) is 0 Å². The van der Waals surface area contributed by atoms with Crippen LogP contribution in [0.1, 0.15) is 0 Å². The van der Waals surface area contributed by atoms with Crippen molar-refractivity contribution in [3.63, 3.8) is 0 Å². The molecule has 0 aliphatic carbocycles. The molecule has 0 aromatic heterocycles. The van der Waals surface area contributed by atoms with E-state index in [9.17, 15) is 4.57 Å². The predicted octanol–water partition coefficient (Wildman–Crippen LogP) is 2.80. The second-order valence-electron chi connectivity index (χ2n) is 3.47. The highest BCUT2D eigenvalue weighted by atomic mass is 31.2. The predicted molar refractivity (Wildman–Crippen MR) is 55.2 cm³/mol. The molecule has 78 valence electrons. The zero-order chi connectivity index (χ0) is 10.7. The summed E-state index contributed by atoms with van der Waals surface area (Å²) in [6.07, 6.45) is 0. The first-order valence-electron chi connectivity index (χ1n) is 3.85. The Morgan fingerprint density at radius 1 is 1.23 bits per heavy atom. The highest BCUT2D eigenvalue weighted by Gasteiger charge is 2.31. The summed E-state index contributed by atoms with van der Waals surface area (Å²) in [5.74, 6) is 0. The summed E-state index contributed by atoms with van der Waals surface area (Å²) >= 11 is 0. The van der Waals surface area contributed by atoms with Crippen LogP contribution in [0.4, 0.5) is 0 Å². The first-order chi connectivity index (χ1) is 5.75. The quantitative estimate of drug-likeness (QED) is 0.409. The van der Waals surface area contributed by atoms with Gasteiger partial charge in [-0.2, -0.15) is 0 Å². The topological polar surface area (TPSA) is 44.8 Å². The molecule has 0 radical (unpaired) electrons. The van der Waals surface area contributed by atoms with Crippen molar-refractivity contribution in [2.45, 2.75) is 19.6 Å². The molecule has 0 atom stereocenters. The van der Waals surface area contributed by atoms with Crippen LogP contribution in [0.2, 0.25) is 19.6 Å². The normalized spacial score (nSPS) is 12.7. The lowest BCUT2D eigenvalue weighted by atomic mass is 11.2.